The van der Waals surface area contributed by atoms with Crippen molar-refractivity contribution in [1.29, 1.82) is 0 Å². The fourth-order valence-corrected chi connectivity index (χ4v) is 1.43. The van der Waals surface area contributed by atoms with Gasteiger partial charge in [-0.3, -0.25) is 0 Å². The highest BCUT2D eigenvalue weighted by molar-refractivity contribution is 4.68. The van der Waals surface area contributed by atoms with Crippen molar-refractivity contribution in [2.45, 2.75) is 25.9 Å². The van der Waals surface area contributed by atoms with Crippen LogP contribution in [0.1, 0.15) is 19.8 Å². The second-order valence-electron chi connectivity index (χ2n) is 3.59. The van der Waals surface area contributed by atoms with Crippen LogP contribution in [0.15, 0.2) is 0 Å². The lowest BCUT2D eigenvalue weighted by molar-refractivity contribution is 0.0394. The van der Waals surface area contributed by atoms with Crippen molar-refractivity contribution in [2.24, 2.45) is 11.7 Å². The first kappa shape index (κ1) is 9.96. The third kappa shape index (κ3) is 3.52. The van der Waals surface area contributed by atoms with Crippen LogP contribution < -0.4 is 11.1 Å². The number of ether oxygens (including phenoxy) is 1. The average molecular weight is 172 g/mol. The maximum absolute atomic E-state index is 5.57. The maximum Gasteiger partial charge on any atom is 0.0669 e. The average Bonchev–Trinajstić information content (AvgIpc) is 2.16. The van der Waals surface area contributed by atoms with Crippen LogP contribution in [0, 0.1) is 5.92 Å². The van der Waals surface area contributed by atoms with Crippen molar-refractivity contribution in [3.8, 4) is 0 Å². The molecule has 0 radical (unpaired) electrons. The van der Waals surface area contributed by atoms with E-state index >= 15 is 0 Å². The van der Waals surface area contributed by atoms with Crippen LogP contribution in [0.5, 0.6) is 0 Å². The molecule has 1 rings (SSSR count). The molecule has 2 atom stereocenters. The first-order valence-electron chi connectivity index (χ1n) is 4.85. The highest BCUT2D eigenvalue weighted by Crippen LogP contribution is 2.10. The van der Waals surface area contributed by atoms with E-state index < -0.39 is 0 Å². The van der Waals surface area contributed by atoms with Gasteiger partial charge in [-0.15, -0.1) is 0 Å². The zero-order valence-corrected chi connectivity index (χ0v) is 7.88. The van der Waals surface area contributed by atoms with E-state index in [0.717, 1.165) is 13.2 Å². The molecule has 1 fully saturated rings. The molecular formula is C9H20N2O. The molecule has 3 nitrogen and oxygen atoms in total. The zero-order valence-electron chi connectivity index (χ0n) is 7.88. The fraction of sp³-hybridized carbons (Fsp3) is 1.00. The van der Waals surface area contributed by atoms with Gasteiger partial charge in [0.25, 0.3) is 0 Å². The molecule has 12 heavy (non-hydrogen) atoms. The number of nitrogens with two attached hydrogens (primary N) is 1. The Balaban J connectivity index is 2.05. The molecule has 1 aliphatic rings. The molecule has 2 unspecified atom stereocenters. The van der Waals surface area contributed by atoms with Gasteiger partial charge < -0.3 is 15.8 Å². The maximum atomic E-state index is 5.57. The van der Waals surface area contributed by atoms with Gasteiger partial charge >= 0.3 is 0 Å². The van der Waals surface area contributed by atoms with E-state index in [0.29, 0.717) is 12.5 Å². The predicted molar refractivity (Wildman–Crippen MR) is 50.1 cm³/mol. The van der Waals surface area contributed by atoms with Gasteiger partial charge in [0.2, 0.25) is 0 Å². The van der Waals surface area contributed by atoms with E-state index in [9.17, 15) is 0 Å². The molecule has 0 saturated carbocycles. The summed E-state index contributed by atoms with van der Waals surface area (Å²) < 4.78 is 5.57. The smallest absolute Gasteiger partial charge is 0.0669 e. The third-order valence-electron chi connectivity index (χ3n) is 2.35. The van der Waals surface area contributed by atoms with Gasteiger partial charge in [0.15, 0.2) is 0 Å². The Morgan fingerprint density at radius 1 is 1.67 bits per heavy atom. The van der Waals surface area contributed by atoms with Crippen LogP contribution in [-0.2, 0) is 4.74 Å². The standard InChI is InChI=1S/C9H20N2O/c1-8(5-10)12-7-9-3-2-4-11-6-9/h8-9,11H,2-7,10H2,1H3. The molecule has 0 aliphatic carbocycles. The minimum Gasteiger partial charge on any atom is -0.377 e. The number of hydrogen-bond donors (Lipinski definition) is 2. The van der Waals surface area contributed by atoms with E-state index in [1.54, 1.807) is 0 Å². The number of hydrogen-bond acceptors (Lipinski definition) is 3. The Kier molecular flexibility index (Phi) is 4.58. The van der Waals surface area contributed by atoms with E-state index in [1.165, 1.54) is 19.4 Å². The van der Waals surface area contributed by atoms with Gasteiger partial charge in [-0.05, 0) is 32.2 Å². The van der Waals surface area contributed by atoms with Crippen LogP contribution in [0.25, 0.3) is 0 Å². The zero-order chi connectivity index (χ0) is 8.81. The Hall–Kier alpha value is -0.120. The quantitative estimate of drug-likeness (QED) is 0.643. The summed E-state index contributed by atoms with van der Waals surface area (Å²) in [5.41, 5.74) is 5.45. The van der Waals surface area contributed by atoms with Crippen molar-refractivity contribution in [3.05, 3.63) is 0 Å². The second-order valence-corrected chi connectivity index (χ2v) is 3.59. The van der Waals surface area contributed by atoms with Crippen LogP contribution in [-0.4, -0.2) is 32.3 Å². The lowest BCUT2D eigenvalue weighted by Crippen LogP contribution is -2.34. The summed E-state index contributed by atoms with van der Waals surface area (Å²) >= 11 is 0. The molecule has 0 aromatic carbocycles. The van der Waals surface area contributed by atoms with E-state index in [-0.39, 0.29) is 6.10 Å². The normalized spacial score (nSPS) is 27.0. The van der Waals surface area contributed by atoms with Crippen molar-refractivity contribution in [2.75, 3.05) is 26.2 Å². The molecule has 0 bridgehead atoms. The third-order valence-corrected chi connectivity index (χ3v) is 2.35. The Bertz CT molecular complexity index is 113. The summed E-state index contributed by atoms with van der Waals surface area (Å²) in [5.74, 6) is 0.702. The molecular weight excluding hydrogens is 152 g/mol. The monoisotopic (exact) mass is 172 g/mol. The van der Waals surface area contributed by atoms with Crippen LogP contribution in [0.3, 0.4) is 0 Å². The molecule has 0 amide bonds. The summed E-state index contributed by atoms with van der Waals surface area (Å²) in [6.07, 6.45) is 2.79. The molecule has 0 spiro atoms. The summed E-state index contributed by atoms with van der Waals surface area (Å²) in [6.45, 7) is 5.79. The molecule has 0 aromatic rings. The van der Waals surface area contributed by atoms with Gasteiger partial charge in [0, 0.05) is 13.1 Å². The molecule has 1 aliphatic heterocycles. The largest absolute Gasteiger partial charge is 0.377 e. The highest BCUT2D eigenvalue weighted by Gasteiger charge is 2.13. The summed E-state index contributed by atoms with van der Waals surface area (Å²) in [4.78, 5) is 0. The van der Waals surface area contributed by atoms with Gasteiger partial charge in [0.05, 0.1) is 12.7 Å². The van der Waals surface area contributed by atoms with Crippen LogP contribution in [0.4, 0.5) is 0 Å². The second kappa shape index (κ2) is 5.51. The minimum absolute atomic E-state index is 0.215. The SMILES string of the molecule is CC(CN)OCC1CCCNC1. The molecule has 0 aromatic heterocycles. The summed E-state index contributed by atoms with van der Waals surface area (Å²) in [7, 11) is 0. The minimum atomic E-state index is 0.215. The van der Waals surface area contributed by atoms with E-state index in [1.807, 2.05) is 6.92 Å². The number of piperidine rings is 1. The first-order chi connectivity index (χ1) is 5.83. The number of nitrogens with one attached hydrogen (secondary N) is 1. The van der Waals surface area contributed by atoms with Crippen molar-refractivity contribution in [1.82, 2.24) is 5.32 Å². The molecule has 3 N–H and O–H groups in total. The van der Waals surface area contributed by atoms with Gasteiger partial charge in [-0.25, -0.2) is 0 Å². The van der Waals surface area contributed by atoms with Crippen molar-refractivity contribution >= 4 is 0 Å². The van der Waals surface area contributed by atoms with Gasteiger partial charge in [-0.2, -0.15) is 0 Å². The Labute approximate surface area is 74.7 Å². The van der Waals surface area contributed by atoms with Crippen LogP contribution >= 0.6 is 0 Å². The summed E-state index contributed by atoms with van der Waals surface area (Å²) in [6, 6.07) is 0. The van der Waals surface area contributed by atoms with E-state index in [4.69, 9.17) is 10.5 Å². The van der Waals surface area contributed by atoms with Crippen molar-refractivity contribution in [3.63, 3.8) is 0 Å². The molecule has 3 heteroatoms. The summed E-state index contributed by atoms with van der Waals surface area (Å²) in [5, 5.41) is 3.37. The highest BCUT2D eigenvalue weighted by atomic mass is 16.5. The van der Waals surface area contributed by atoms with Gasteiger partial charge in [-0.1, -0.05) is 0 Å². The molecule has 1 heterocycles. The fourth-order valence-electron chi connectivity index (χ4n) is 1.43. The lowest BCUT2D eigenvalue weighted by Gasteiger charge is -2.23. The molecule has 72 valence electrons. The van der Waals surface area contributed by atoms with Gasteiger partial charge in [0.1, 0.15) is 0 Å². The Morgan fingerprint density at radius 3 is 3.08 bits per heavy atom. The topological polar surface area (TPSA) is 47.3 Å². The van der Waals surface area contributed by atoms with Crippen molar-refractivity contribution < 1.29 is 4.74 Å². The van der Waals surface area contributed by atoms with E-state index in [2.05, 4.69) is 5.32 Å². The van der Waals surface area contributed by atoms with Crippen LogP contribution in [0.2, 0.25) is 0 Å². The molecule has 1 saturated heterocycles. The lowest BCUT2D eigenvalue weighted by atomic mass is 10.0. The number of rotatable bonds is 4. The Morgan fingerprint density at radius 2 is 2.50 bits per heavy atom. The predicted octanol–water partition coefficient (Wildman–Crippen LogP) is 0.350. The first-order valence-corrected chi connectivity index (χ1v) is 4.85.